The second kappa shape index (κ2) is 9.76. The minimum absolute atomic E-state index is 0.0400. The van der Waals surface area contributed by atoms with E-state index in [4.69, 9.17) is 9.84 Å². The van der Waals surface area contributed by atoms with Crippen LogP contribution in [0.4, 0.5) is 14.9 Å². The number of hydrogen-bond donors (Lipinski definition) is 3. The summed E-state index contributed by atoms with van der Waals surface area (Å²) < 4.78 is 18.7. The van der Waals surface area contributed by atoms with Crippen molar-refractivity contribution in [1.82, 2.24) is 10.2 Å². The molecule has 0 radical (unpaired) electrons. The molecule has 1 aliphatic heterocycles. The van der Waals surface area contributed by atoms with E-state index >= 15 is 0 Å². The molecular weight excluding hydrogens is 397 g/mol. The molecule has 6 nitrogen and oxygen atoms in total. The normalized spacial score (nSPS) is 16.4. The molecule has 3 aromatic rings. The average Bonchev–Trinajstić information content (AvgIpc) is 3.19. The van der Waals surface area contributed by atoms with Crippen molar-refractivity contribution < 1.29 is 19.0 Å². The molecule has 3 N–H and O–H groups in total. The molecule has 4 rings (SSSR count). The number of urea groups is 1. The van der Waals surface area contributed by atoms with E-state index in [1.165, 1.54) is 11.6 Å². The van der Waals surface area contributed by atoms with Gasteiger partial charge in [0, 0.05) is 31.4 Å². The summed E-state index contributed by atoms with van der Waals surface area (Å²) in [7, 11) is 0. The molecule has 0 bridgehead atoms. The first-order valence-electron chi connectivity index (χ1n) is 10.4. The van der Waals surface area contributed by atoms with E-state index in [1.807, 2.05) is 12.1 Å². The molecule has 1 saturated heterocycles. The van der Waals surface area contributed by atoms with Crippen molar-refractivity contribution in [2.24, 2.45) is 0 Å². The van der Waals surface area contributed by atoms with Crippen LogP contribution >= 0.6 is 0 Å². The maximum Gasteiger partial charge on any atom is 0.319 e. The number of carbonyl (C=O) groups excluding carboxylic acids is 1. The molecule has 0 unspecified atom stereocenters. The molecule has 162 valence electrons. The van der Waals surface area contributed by atoms with E-state index in [0.29, 0.717) is 11.4 Å². The van der Waals surface area contributed by atoms with Gasteiger partial charge in [-0.3, -0.25) is 4.90 Å². The van der Waals surface area contributed by atoms with Crippen molar-refractivity contribution in [3.8, 4) is 5.75 Å². The number of hydrogen-bond acceptors (Lipinski definition) is 4. The first kappa shape index (κ1) is 21.1. The average molecular weight is 423 g/mol. The zero-order valence-electron chi connectivity index (χ0n) is 17.2. The van der Waals surface area contributed by atoms with Crippen molar-refractivity contribution in [3.63, 3.8) is 0 Å². The molecule has 3 aromatic carbocycles. The van der Waals surface area contributed by atoms with Gasteiger partial charge >= 0.3 is 6.03 Å². The van der Waals surface area contributed by atoms with E-state index in [-0.39, 0.29) is 31.1 Å². The minimum Gasteiger partial charge on any atom is -0.491 e. The zero-order chi connectivity index (χ0) is 21.6. The lowest BCUT2D eigenvalue weighted by Gasteiger charge is -2.17. The molecule has 1 atom stereocenters. The molecule has 31 heavy (non-hydrogen) atoms. The molecule has 0 spiro atoms. The van der Waals surface area contributed by atoms with Crippen molar-refractivity contribution in [3.05, 3.63) is 72.0 Å². The number of nitrogens with one attached hydrogen (secondary N) is 2. The van der Waals surface area contributed by atoms with Crippen molar-refractivity contribution in [2.75, 3.05) is 31.6 Å². The summed E-state index contributed by atoms with van der Waals surface area (Å²) in [5.41, 5.74) is 1.85. The van der Waals surface area contributed by atoms with Crippen molar-refractivity contribution in [2.45, 2.75) is 19.0 Å². The summed E-state index contributed by atoms with van der Waals surface area (Å²) in [5.74, 6) is 0.420. The number of nitrogens with zero attached hydrogens (tertiary/aromatic N) is 1. The number of benzene rings is 3. The molecule has 0 aliphatic carbocycles. The van der Waals surface area contributed by atoms with Gasteiger partial charge in [-0.2, -0.15) is 0 Å². The minimum atomic E-state index is -0.233. The van der Waals surface area contributed by atoms with Gasteiger partial charge in [0.15, 0.2) is 0 Å². The molecule has 0 aromatic heterocycles. The van der Waals surface area contributed by atoms with Crippen LogP contribution in [0.2, 0.25) is 0 Å². The fourth-order valence-corrected chi connectivity index (χ4v) is 3.87. The fourth-order valence-electron chi connectivity index (χ4n) is 3.87. The number of aliphatic hydroxyl groups excluding tert-OH is 1. The van der Waals surface area contributed by atoms with Crippen LogP contribution in [0.5, 0.6) is 5.75 Å². The number of carbonyl (C=O) groups is 1. The van der Waals surface area contributed by atoms with Crippen LogP contribution in [0, 0.1) is 5.82 Å². The highest BCUT2D eigenvalue weighted by Gasteiger charge is 2.24. The summed E-state index contributed by atoms with van der Waals surface area (Å²) in [5, 5.41) is 16.6. The molecular formula is C24H26FN3O3. The largest absolute Gasteiger partial charge is 0.491 e. The van der Waals surface area contributed by atoms with Gasteiger partial charge in [-0.15, -0.1) is 0 Å². The van der Waals surface area contributed by atoms with Crippen LogP contribution < -0.4 is 15.4 Å². The Hall–Kier alpha value is -3.16. The van der Waals surface area contributed by atoms with Gasteiger partial charge in [-0.05, 0) is 65.2 Å². The van der Waals surface area contributed by atoms with Gasteiger partial charge in [-0.25, -0.2) is 9.18 Å². The number of fused-ring (bicyclic) bond motifs is 1. The Labute approximate surface area is 180 Å². The Morgan fingerprint density at radius 3 is 2.68 bits per heavy atom. The van der Waals surface area contributed by atoms with Gasteiger partial charge < -0.3 is 20.5 Å². The van der Waals surface area contributed by atoms with E-state index in [1.54, 1.807) is 36.4 Å². The summed E-state index contributed by atoms with van der Waals surface area (Å²) in [4.78, 5) is 14.6. The molecule has 1 fully saturated rings. The number of ether oxygens (including phenoxy) is 1. The maximum absolute atomic E-state index is 13.4. The predicted molar refractivity (Wildman–Crippen MR) is 119 cm³/mol. The van der Waals surface area contributed by atoms with Crippen LogP contribution in [-0.4, -0.2) is 48.4 Å². The lowest BCUT2D eigenvalue weighted by molar-refractivity contribution is 0.201. The summed E-state index contributed by atoms with van der Waals surface area (Å²) in [6, 6.07) is 17.8. The fraction of sp³-hybridized carbons (Fsp3) is 0.292. The van der Waals surface area contributed by atoms with Crippen LogP contribution in [0.25, 0.3) is 10.8 Å². The number of rotatable bonds is 7. The standard InChI is InChI=1S/C24H26FN3O3/c25-20-4-3-18-13-17(1-2-19(18)14-20)15-28-10-9-22(16-28)27-24(30)26-21-5-7-23(8-6-21)31-12-11-29/h1-8,13-14,22,29H,9-12,15-16H2,(H2,26,27,30)/t22-/m1/s1. The molecule has 1 heterocycles. The lowest BCUT2D eigenvalue weighted by Crippen LogP contribution is -2.39. The first-order chi connectivity index (χ1) is 15.1. The molecule has 0 saturated carbocycles. The van der Waals surface area contributed by atoms with Gasteiger partial charge in [0.05, 0.1) is 6.61 Å². The topological polar surface area (TPSA) is 73.8 Å². The summed E-state index contributed by atoms with van der Waals surface area (Å²) in [6.45, 7) is 2.68. The van der Waals surface area contributed by atoms with Crippen LogP contribution in [0.15, 0.2) is 60.7 Å². The van der Waals surface area contributed by atoms with E-state index in [9.17, 15) is 9.18 Å². The first-order valence-corrected chi connectivity index (χ1v) is 10.4. The number of halogens is 1. The number of amides is 2. The molecule has 7 heteroatoms. The monoisotopic (exact) mass is 423 g/mol. The summed E-state index contributed by atoms with van der Waals surface area (Å²) >= 11 is 0. The Morgan fingerprint density at radius 2 is 1.87 bits per heavy atom. The van der Waals surface area contributed by atoms with Crippen molar-refractivity contribution >= 4 is 22.5 Å². The highest BCUT2D eigenvalue weighted by Crippen LogP contribution is 2.20. The second-order valence-corrected chi connectivity index (χ2v) is 7.74. The SMILES string of the molecule is O=C(Nc1ccc(OCCO)cc1)N[C@@H]1CCN(Cc2ccc3cc(F)ccc3c2)C1. The second-order valence-electron chi connectivity index (χ2n) is 7.74. The van der Waals surface area contributed by atoms with Gasteiger partial charge in [0.1, 0.15) is 18.2 Å². The van der Waals surface area contributed by atoms with Crippen LogP contribution in [0.1, 0.15) is 12.0 Å². The number of anilines is 1. The smallest absolute Gasteiger partial charge is 0.319 e. The maximum atomic E-state index is 13.4. The quantitative estimate of drug-likeness (QED) is 0.541. The number of likely N-dealkylation sites (tertiary alicyclic amines) is 1. The third kappa shape index (κ3) is 5.71. The third-order valence-electron chi connectivity index (χ3n) is 5.35. The van der Waals surface area contributed by atoms with E-state index in [2.05, 4.69) is 21.6 Å². The molecule has 2 amide bonds. The Balaban J connectivity index is 1.26. The van der Waals surface area contributed by atoms with Crippen LogP contribution in [-0.2, 0) is 6.54 Å². The van der Waals surface area contributed by atoms with Gasteiger partial charge in [0.25, 0.3) is 0 Å². The highest BCUT2D eigenvalue weighted by molar-refractivity contribution is 5.89. The Kier molecular flexibility index (Phi) is 6.64. The van der Waals surface area contributed by atoms with E-state index < -0.39 is 0 Å². The lowest BCUT2D eigenvalue weighted by atomic mass is 10.1. The zero-order valence-corrected chi connectivity index (χ0v) is 17.2. The Bertz CT molecular complexity index is 1040. The third-order valence-corrected chi connectivity index (χ3v) is 5.35. The van der Waals surface area contributed by atoms with Gasteiger partial charge in [0.2, 0.25) is 0 Å². The predicted octanol–water partition coefficient (Wildman–Crippen LogP) is 3.75. The van der Waals surface area contributed by atoms with Crippen LogP contribution in [0.3, 0.4) is 0 Å². The van der Waals surface area contributed by atoms with Crippen molar-refractivity contribution in [1.29, 1.82) is 0 Å². The Morgan fingerprint density at radius 1 is 1.10 bits per heavy atom. The number of aliphatic hydroxyl groups is 1. The van der Waals surface area contributed by atoms with Gasteiger partial charge in [-0.1, -0.05) is 18.2 Å². The highest BCUT2D eigenvalue weighted by atomic mass is 19.1. The van der Waals surface area contributed by atoms with E-state index in [0.717, 1.165) is 36.8 Å². The summed E-state index contributed by atoms with van der Waals surface area (Å²) in [6.07, 6.45) is 0.889. The molecule has 1 aliphatic rings.